The summed E-state index contributed by atoms with van der Waals surface area (Å²) in [5.41, 5.74) is 6.91. The van der Waals surface area contributed by atoms with Gasteiger partial charge in [0.25, 0.3) is 0 Å². The first-order valence-electron chi connectivity index (χ1n) is 12.2. The molecule has 36 heavy (non-hydrogen) atoms. The summed E-state index contributed by atoms with van der Waals surface area (Å²) in [4.78, 5) is 27.5. The zero-order chi connectivity index (χ0) is 25.1. The lowest BCUT2D eigenvalue weighted by atomic mass is 9.97. The van der Waals surface area contributed by atoms with Crippen LogP contribution in [0.1, 0.15) is 40.9 Å². The number of benzene rings is 3. The standard InChI is InChI=1S/C30H29N3O3/c1-3-36-28(34)19-22-14-16-24(17-15-22)31-30(35)33-20-23-10-5-7-12-26(23)32-18-8-13-27(32)29(33)25-11-6-4-9-21(25)2/h4-18,29H,3,19-20H2,1-2H3,(H,31,35). The lowest BCUT2D eigenvalue weighted by Gasteiger charge is -2.32. The largest absolute Gasteiger partial charge is 0.466 e. The van der Waals surface area contributed by atoms with Gasteiger partial charge >= 0.3 is 12.0 Å². The maximum absolute atomic E-state index is 13.8. The predicted molar refractivity (Wildman–Crippen MR) is 140 cm³/mol. The fraction of sp³-hybridized carbons (Fsp3) is 0.200. The number of anilines is 1. The molecule has 0 fully saturated rings. The molecule has 6 nitrogen and oxygen atoms in total. The van der Waals surface area contributed by atoms with E-state index in [2.05, 4.69) is 53.3 Å². The molecule has 2 heterocycles. The number of fused-ring (bicyclic) bond motifs is 3. The highest BCUT2D eigenvalue weighted by molar-refractivity contribution is 5.90. The van der Waals surface area contributed by atoms with E-state index in [0.29, 0.717) is 18.8 Å². The maximum Gasteiger partial charge on any atom is 0.322 e. The van der Waals surface area contributed by atoms with Crippen LogP contribution in [0.3, 0.4) is 0 Å². The number of esters is 1. The molecule has 4 aromatic rings. The fourth-order valence-corrected chi connectivity index (χ4v) is 4.84. The Hall–Kier alpha value is -4.32. The van der Waals surface area contributed by atoms with E-state index < -0.39 is 0 Å². The van der Waals surface area contributed by atoms with Gasteiger partial charge in [-0.2, -0.15) is 0 Å². The number of nitrogens with zero attached hydrogens (tertiary/aromatic N) is 2. The molecule has 0 saturated carbocycles. The number of carbonyl (C=O) groups excluding carboxylic acids is 2. The molecule has 1 unspecified atom stereocenters. The summed E-state index contributed by atoms with van der Waals surface area (Å²) in [5.74, 6) is -0.262. The molecule has 0 saturated heterocycles. The Balaban J connectivity index is 1.49. The van der Waals surface area contributed by atoms with E-state index in [4.69, 9.17) is 4.74 Å². The number of ether oxygens (including phenoxy) is 1. The minimum Gasteiger partial charge on any atom is -0.466 e. The van der Waals surface area contributed by atoms with Crippen molar-refractivity contribution in [1.82, 2.24) is 9.47 Å². The second kappa shape index (κ2) is 10.1. The molecule has 0 bridgehead atoms. The van der Waals surface area contributed by atoms with Crippen molar-refractivity contribution in [2.45, 2.75) is 32.9 Å². The highest BCUT2D eigenvalue weighted by Crippen LogP contribution is 2.38. The van der Waals surface area contributed by atoms with E-state index in [1.165, 1.54) is 0 Å². The quantitative estimate of drug-likeness (QED) is 0.356. The van der Waals surface area contributed by atoms with Gasteiger partial charge < -0.3 is 19.5 Å². The Morgan fingerprint density at radius 3 is 2.47 bits per heavy atom. The van der Waals surface area contributed by atoms with Crippen molar-refractivity contribution in [2.24, 2.45) is 0 Å². The minimum absolute atomic E-state index is 0.189. The summed E-state index contributed by atoms with van der Waals surface area (Å²) < 4.78 is 7.21. The van der Waals surface area contributed by atoms with Crippen LogP contribution in [0.4, 0.5) is 10.5 Å². The SMILES string of the molecule is CCOC(=O)Cc1ccc(NC(=O)N2Cc3ccccc3-n3cccc3C2c2ccccc2C)cc1. The van der Waals surface area contributed by atoms with Crippen LogP contribution in [0.2, 0.25) is 0 Å². The van der Waals surface area contributed by atoms with Crippen LogP contribution in [0, 0.1) is 6.92 Å². The van der Waals surface area contributed by atoms with Crippen molar-refractivity contribution < 1.29 is 14.3 Å². The van der Waals surface area contributed by atoms with Gasteiger partial charge in [-0.15, -0.1) is 0 Å². The van der Waals surface area contributed by atoms with Gasteiger partial charge in [-0.1, -0.05) is 54.6 Å². The molecule has 2 amide bonds. The fourth-order valence-electron chi connectivity index (χ4n) is 4.84. The number of nitrogens with one attached hydrogen (secondary N) is 1. The van der Waals surface area contributed by atoms with Crippen LogP contribution in [-0.2, 0) is 22.5 Å². The van der Waals surface area contributed by atoms with Crippen LogP contribution in [0.5, 0.6) is 0 Å². The second-order valence-corrected chi connectivity index (χ2v) is 8.93. The summed E-state index contributed by atoms with van der Waals surface area (Å²) >= 11 is 0. The summed E-state index contributed by atoms with van der Waals surface area (Å²) in [6, 6.07) is 27.4. The van der Waals surface area contributed by atoms with Crippen molar-refractivity contribution in [1.29, 1.82) is 0 Å². The van der Waals surface area contributed by atoms with Crippen LogP contribution >= 0.6 is 0 Å². The number of rotatable bonds is 5. The Morgan fingerprint density at radius 2 is 1.69 bits per heavy atom. The molecular formula is C30H29N3O3. The van der Waals surface area contributed by atoms with Crippen LogP contribution in [0.15, 0.2) is 91.1 Å². The third-order valence-corrected chi connectivity index (χ3v) is 6.57. The average molecular weight is 480 g/mol. The van der Waals surface area contributed by atoms with E-state index in [9.17, 15) is 9.59 Å². The third kappa shape index (κ3) is 4.62. The normalized spacial score (nSPS) is 14.4. The first-order valence-corrected chi connectivity index (χ1v) is 12.2. The summed E-state index contributed by atoms with van der Waals surface area (Å²) in [5, 5.41) is 3.08. The first-order chi connectivity index (χ1) is 17.5. The second-order valence-electron chi connectivity index (χ2n) is 8.93. The molecule has 5 rings (SSSR count). The smallest absolute Gasteiger partial charge is 0.322 e. The zero-order valence-electron chi connectivity index (χ0n) is 20.5. The number of hydrogen-bond acceptors (Lipinski definition) is 3. The number of carbonyl (C=O) groups is 2. The number of urea groups is 1. The number of para-hydroxylation sites is 1. The molecule has 0 radical (unpaired) electrons. The van der Waals surface area contributed by atoms with E-state index in [1.54, 1.807) is 6.92 Å². The summed E-state index contributed by atoms with van der Waals surface area (Å²) in [6.45, 7) is 4.69. The molecule has 1 aliphatic rings. The average Bonchev–Trinajstić information content (AvgIpc) is 3.30. The lowest BCUT2D eigenvalue weighted by molar-refractivity contribution is -0.142. The monoisotopic (exact) mass is 479 g/mol. The molecule has 0 aliphatic carbocycles. The summed E-state index contributed by atoms with van der Waals surface area (Å²) in [6.07, 6.45) is 2.26. The van der Waals surface area contributed by atoms with Crippen LogP contribution in [0.25, 0.3) is 5.69 Å². The van der Waals surface area contributed by atoms with Gasteiger partial charge in [0.15, 0.2) is 0 Å². The van der Waals surface area contributed by atoms with Gasteiger partial charge in [0.05, 0.1) is 25.3 Å². The molecule has 1 atom stereocenters. The van der Waals surface area contributed by atoms with E-state index >= 15 is 0 Å². The molecule has 1 N–H and O–H groups in total. The highest BCUT2D eigenvalue weighted by Gasteiger charge is 2.33. The van der Waals surface area contributed by atoms with Crippen molar-refractivity contribution >= 4 is 17.7 Å². The number of hydrogen-bond donors (Lipinski definition) is 1. The Morgan fingerprint density at radius 1 is 0.944 bits per heavy atom. The van der Waals surface area contributed by atoms with Crippen LogP contribution < -0.4 is 5.32 Å². The van der Waals surface area contributed by atoms with Gasteiger partial charge in [-0.25, -0.2) is 4.79 Å². The Bertz CT molecular complexity index is 1390. The maximum atomic E-state index is 13.8. The van der Waals surface area contributed by atoms with E-state index in [0.717, 1.165) is 33.6 Å². The zero-order valence-corrected chi connectivity index (χ0v) is 20.5. The van der Waals surface area contributed by atoms with Gasteiger partial charge in [0.2, 0.25) is 0 Å². The molecule has 3 aromatic carbocycles. The van der Waals surface area contributed by atoms with Crippen LogP contribution in [-0.4, -0.2) is 28.1 Å². The minimum atomic E-state index is -0.267. The predicted octanol–water partition coefficient (Wildman–Crippen LogP) is 6.03. The van der Waals surface area contributed by atoms with Crippen molar-refractivity contribution in [2.75, 3.05) is 11.9 Å². The third-order valence-electron chi connectivity index (χ3n) is 6.57. The first kappa shape index (κ1) is 23.4. The van der Waals surface area contributed by atoms with E-state index in [-0.39, 0.29) is 24.5 Å². The molecule has 182 valence electrons. The number of amides is 2. The molecule has 1 aromatic heterocycles. The van der Waals surface area contributed by atoms with Gasteiger partial charge in [0, 0.05) is 17.6 Å². The van der Waals surface area contributed by atoms with Gasteiger partial charge in [-0.3, -0.25) is 4.79 Å². The van der Waals surface area contributed by atoms with Gasteiger partial charge in [-0.05, 0) is 66.4 Å². The molecule has 1 aliphatic heterocycles. The Kier molecular flexibility index (Phi) is 6.58. The molecule has 6 heteroatoms. The van der Waals surface area contributed by atoms with Crippen molar-refractivity contribution in [3.05, 3.63) is 119 Å². The van der Waals surface area contributed by atoms with E-state index in [1.807, 2.05) is 59.5 Å². The molecule has 0 spiro atoms. The summed E-state index contributed by atoms with van der Waals surface area (Å²) in [7, 11) is 0. The number of aromatic nitrogens is 1. The number of aryl methyl sites for hydroxylation is 1. The Labute approximate surface area is 211 Å². The highest BCUT2D eigenvalue weighted by atomic mass is 16.5. The molecular weight excluding hydrogens is 450 g/mol. The van der Waals surface area contributed by atoms with Crippen molar-refractivity contribution in [3.8, 4) is 5.69 Å². The van der Waals surface area contributed by atoms with Crippen molar-refractivity contribution in [3.63, 3.8) is 0 Å². The lowest BCUT2D eigenvalue weighted by Crippen LogP contribution is -2.38. The van der Waals surface area contributed by atoms with Gasteiger partial charge in [0.1, 0.15) is 6.04 Å². The topological polar surface area (TPSA) is 63.6 Å².